The quantitative estimate of drug-likeness (QED) is 0.585. The van der Waals surface area contributed by atoms with Crippen molar-refractivity contribution in [1.82, 2.24) is 9.80 Å². The van der Waals surface area contributed by atoms with Gasteiger partial charge in [0.05, 0.1) is 19.6 Å². The maximum Gasteiger partial charge on any atom is 0.308 e. The summed E-state index contributed by atoms with van der Waals surface area (Å²) in [7, 11) is 0. The van der Waals surface area contributed by atoms with Crippen molar-refractivity contribution in [1.29, 1.82) is 0 Å². The van der Waals surface area contributed by atoms with E-state index in [0.717, 1.165) is 4.88 Å². The van der Waals surface area contributed by atoms with E-state index < -0.39 is 12.0 Å². The molecule has 8 heteroatoms. The number of ether oxygens (including phenoxy) is 1. The van der Waals surface area contributed by atoms with Crippen LogP contribution < -0.4 is 0 Å². The molecule has 0 spiro atoms. The fourth-order valence-electron chi connectivity index (χ4n) is 3.28. The molecule has 150 valence electrons. The zero-order valence-corrected chi connectivity index (χ0v) is 17.5. The van der Waals surface area contributed by atoms with E-state index in [-0.39, 0.29) is 31.4 Å². The number of piperazine rings is 1. The van der Waals surface area contributed by atoms with Gasteiger partial charge in [-0.2, -0.15) is 0 Å². The predicted molar refractivity (Wildman–Crippen MR) is 109 cm³/mol. The number of hydrogen-bond donors (Lipinski definition) is 0. The van der Waals surface area contributed by atoms with Gasteiger partial charge in [-0.05, 0) is 42.7 Å². The number of carbonyl (C=O) groups excluding carboxylic acids is 3. The lowest BCUT2D eigenvalue weighted by atomic mass is 10.1. The molecule has 0 bridgehead atoms. The van der Waals surface area contributed by atoms with E-state index in [1.807, 2.05) is 35.0 Å². The molecule has 1 aliphatic rings. The van der Waals surface area contributed by atoms with Gasteiger partial charge in [-0.3, -0.25) is 14.4 Å². The van der Waals surface area contributed by atoms with E-state index in [9.17, 15) is 14.4 Å². The van der Waals surface area contributed by atoms with Crippen LogP contribution in [0, 0.1) is 0 Å². The lowest BCUT2D eigenvalue weighted by Gasteiger charge is -2.40. The van der Waals surface area contributed by atoms with Gasteiger partial charge in [-0.1, -0.05) is 12.1 Å². The summed E-state index contributed by atoms with van der Waals surface area (Å²) in [6, 6.07) is 7.17. The summed E-state index contributed by atoms with van der Waals surface area (Å²) in [4.78, 5) is 43.4. The van der Waals surface area contributed by atoms with Crippen LogP contribution in [0.4, 0.5) is 0 Å². The Morgan fingerprint density at radius 1 is 1.11 bits per heavy atom. The summed E-state index contributed by atoms with van der Waals surface area (Å²) in [5, 5.41) is 3.98. The highest BCUT2D eigenvalue weighted by atomic mass is 32.1. The molecule has 2 amide bonds. The summed E-state index contributed by atoms with van der Waals surface area (Å²) in [6.07, 6.45) is 1.28. The minimum absolute atomic E-state index is 0.0635. The Labute approximate surface area is 172 Å². The Balaban J connectivity index is 1.70. The summed E-state index contributed by atoms with van der Waals surface area (Å²) in [5.74, 6) is -0.734. The van der Waals surface area contributed by atoms with Crippen molar-refractivity contribution in [2.45, 2.75) is 32.2 Å². The van der Waals surface area contributed by atoms with Crippen LogP contribution >= 0.6 is 22.7 Å². The van der Waals surface area contributed by atoms with Crippen LogP contribution in [0.3, 0.4) is 0 Å². The zero-order valence-electron chi connectivity index (χ0n) is 15.8. The molecule has 3 heterocycles. The van der Waals surface area contributed by atoms with Gasteiger partial charge in [0, 0.05) is 22.8 Å². The topological polar surface area (TPSA) is 66.9 Å². The summed E-state index contributed by atoms with van der Waals surface area (Å²) in [5.41, 5.74) is 0. The molecule has 0 saturated carbocycles. The molecule has 2 aromatic rings. The Morgan fingerprint density at radius 2 is 1.75 bits per heavy atom. The molecule has 0 aromatic carbocycles. The molecule has 0 aliphatic carbocycles. The maximum absolute atomic E-state index is 13.1. The summed E-state index contributed by atoms with van der Waals surface area (Å²) >= 11 is 3.25. The Morgan fingerprint density at radius 3 is 2.32 bits per heavy atom. The Bertz CT molecular complexity index is 789. The van der Waals surface area contributed by atoms with Crippen LogP contribution in [0.25, 0.3) is 0 Å². The van der Waals surface area contributed by atoms with E-state index >= 15 is 0 Å². The first-order valence-corrected chi connectivity index (χ1v) is 11.1. The number of rotatable bonds is 9. The minimum atomic E-state index is -0.788. The van der Waals surface area contributed by atoms with Gasteiger partial charge >= 0.3 is 5.97 Å². The first kappa shape index (κ1) is 20.5. The Kier molecular flexibility index (Phi) is 7.22. The first-order chi connectivity index (χ1) is 13.6. The van der Waals surface area contributed by atoms with Gasteiger partial charge in [-0.15, -0.1) is 22.7 Å². The third kappa shape index (κ3) is 5.20. The second-order valence-electron chi connectivity index (χ2n) is 6.53. The molecule has 1 unspecified atom stereocenters. The van der Waals surface area contributed by atoms with E-state index in [4.69, 9.17) is 4.74 Å². The summed E-state index contributed by atoms with van der Waals surface area (Å²) < 4.78 is 5.04. The zero-order chi connectivity index (χ0) is 19.9. The fourth-order valence-corrected chi connectivity index (χ4v) is 4.68. The van der Waals surface area contributed by atoms with Crippen LogP contribution in [0.2, 0.25) is 0 Å². The maximum atomic E-state index is 13.1. The fraction of sp³-hybridized carbons (Fsp3) is 0.450. The molecule has 3 rings (SSSR count). The molecule has 6 nitrogen and oxygen atoms in total. The highest BCUT2D eigenvalue weighted by molar-refractivity contribution is 7.10. The van der Waals surface area contributed by atoms with E-state index in [1.165, 1.54) is 4.88 Å². The molecule has 1 saturated heterocycles. The third-order valence-corrected chi connectivity index (χ3v) is 6.54. The van der Waals surface area contributed by atoms with Crippen molar-refractivity contribution in [2.75, 3.05) is 26.2 Å². The number of amides is 2. The van der Waals surface area contributed by atoms with Crippen molar-refractivity contribution < 1.29 is 19.1 Å². The minimum Gasteiger partial charge on any atom is -0.466 e. The van der Waals surface area contributed by atoms with Crippen LogP contribution in [0.15, 0.2) is 35.0 Å². The van der Waals surface area contributed by atoms with Crippen molar-refractivity contribution >= 4 is 40.5 Å². The number of carbonyl (C=O) groups is 3. The highest BCUT2D eigenvalue weighted by Gasteiger charge is 2.40. The van der Waals surface area contributed by atoms with Crippen molar-refractivity contribution in [2.24, 2.45) is 0 Å². The largest absolute Gasteiger partial charge is 0.466 e. The SMILES string of the molecule is CCOC(=O)CC1C(=O)N(CCc2cccs2)CC(=O)N1CCc1cccs1. The lowest BCUT2D eigenvalue weighted by molar-refractivity contribution is -0.160. The molecule has 1 fully saturated rings. The van der Waals surface area contributed by atoms with Crippen LogP contribution in [-0.4, -0.2) is 59.9 Å². The number of nitrogens with zero attached hydrogens (tertiary/aromatic N) is 2. The van der Waals surface area contributed by atoms with Gasteiger partial charge < -0.3 is 14.5 Å². The molecule has 0 radical (unpaired) electrons. The van der Waals surface area contributed by atoms with E-state index in [2.05, 4.69) is 0 Å². The van der Waals surface area contributed by atoms with Crippen molar-refractivity contribution in [3.8, 4) is 0 Å². The molecular weight excluding hydrogens is 396 g/mol. The smallest absolute Gasteiger partial charge is 0.308 e. The summed E-state index contributed by atoms with van der Waals surface area (Å²) in [6.45, 7) is 2.95. The van der Waals surface area contributed by atoms with Crippen LogP contribution in [0.5, 0.6) is 0 Å². The van der Waals surface area contributed by atoms with E-state index in [1.54, 1.807) is 39.4 Å². The normalized spacial score (nSPS) is 17.2. The third-order valence-electron chi connectivity index (χ3n) is 4.67. The second kappa shape index (κ2) is 9.84. The van der Waals surface area contributed by atoms with Gasteiger partial charge in [0.15, 0.2) is 0 Å². The monoisotopic (exact) mass is 420 g/mol. The number of thiophene rings is 2. The van der Waals surface area contributed by atoms with Gasteiger partial charge in [0.2, 0.25) is 11.8 Å². The molecule has 1 aliphatic heterocycles. The van der Waals surface area contributed by atoms with Gasteiger partial charge in [-0.25, -0.2) is 0 Å². The van der Waals surface area contributed by atoms with E-state index in [0.29, 0.717) is 25.9 Å². The first-order valence-electron chi connectivity index (χ1n) is 9.37. The van der Waals surface area contributed by atoms with Gasteiger partial charge in [0.25, 0.3) is 0 Å². The molecule has 28 heavy (non-hydrogen) atoms. The van der Waals surface area contributed by atoms with Crippen molar-refractivity contribution in [3.05, 3.63) is 44.8 Å². The van der Waals surface area contributed by atoms with Crippen LogP contribution in [0.1, 0.15) is 23.1 Å². The average molecular weight is 421 g/mol. The molecule has 0 N–H and O–H groups in total. The number of esters is 1. The second-order valence-corrected chi connectivity index (χ2v) is 8.60. The molecular formula is C20H24N2O4S2. The lowest BCUT2D eigenvalue weighted by Crippen LogP contribution is -2.61. The molecule has 2 aromatic heterocycles. The Hall–Kier alpha value is -2.19. The number of hydrogen-bond acceptors (Lipinski definition) is 6. The highest BCUT2D eigenvalue weighted by Crippen LogP contribution is 2.20. The standard InChI is InChI=1S/C20H24N2O4S2/c1-2-26-19(24)13-17-20(25)21(9-7-15-5-3-11-27-15)14-18(23)22(17)10-8-16-6-4-12-28-16/h3-6,11-12,17H,2,7-10,13-14H2,1H3. The predicted octanol–water partition coefficient (Wildman–Crippen LogP) is 2.59. The van der Waals surface area contributed by atoms with Crippen LogP contribution in [-0.2, 0) is 32.0 Å². The van der Waals surface area contributed by atoms with Crippen molar-refractivity contribution in [3.63, 3.8) is 0 Å². The van der Waals surface area contributed by atoms with Gasteiger partial charge in [0.1, 0.15) is 6.04 Å². The average Bonchev–Trinajstić information content (AvgIpc) is 3.37. The molecule has 1 atom stereocenters.